The van der Waals surface area contributed by atoms with Crippen molar-refractivity contribution in [2.45, 2.75) is 199 Å². The van der Waals surface area contributed by atoms with Gasteiger partial charge in [0, 0.05) is 19.4 Å². The van der Waals surface area contributed by atoms with Crippen LogP contribution in [-0.2, 0) is 32.7 Å². The van der Waals surface area contributed by atoms with Crippen LogP contribution in [0, 0.1) is 0 Å². The molecule has 0 aromatic carbocycles. The van der Waals surface area contributed by atoms with E-state index in [1.54, 1.807) is 0 Å². The Morgan fingerprint density at radius 1 is 0.607 bits per heavy atom. The molecule has 0 bridgehead atoms. The lowest BCUT2D eigenvalue weighted by Crippen LogP contribution is -2.29. The topological polar surface area (TPSA) is 155 Å². The number of ether oxygens (including phenoxy) is 2. The van der Waals surface area contributed by atoms with Gasteiger partial charge in [-0.15, -0.1) is 0 Å². The van der Waals surface area contributed by atoms with Crippen molar-refractivity contribution in [1.29, 1.82) is 0 Å². The first-order valence-electron chi connectivity index (χ1n) is 22.2. The summed E-state index contributed by atoms with van der Waals surface area (Å²) in [6.07, 6.45) is 43.7. The second kappa shape index (κ2) is 41.1. The van der Waals surface area contributed by atoms with Crippen LogP contribution in [-0.4, -0.2) is 60.5 Å². The normalized spacial score (nSPS) is 14.3. The number of aliphatic hydroxyl groups is 1. The molecule has 56 heavy (non-hydrogen) atoms. The zero-order valence-corrected chi connectivity index (χ0v) is 36.4. The molecular formula is C45H82NO9P. The molecule has 0 spiro atoms. The van der Waals surface area contributed by atoms with E-state index >= 15 is 0 Å². The molecule has 0 aliphatic rings. The van der Waals surface area contributed by atoms with Gasteiger partial charge in [-0.1, -0.05) is 165 Å². The summed E-state index contributed by atoms with van der Waals surface area (Å²) < 4.78 is 32.7. The number of hydrogen-bond donors (Lipinski definition) is 3. The molecule has 0 radical (unpaired) electrons. The Morgan fingerprint density at radius 2 is 1.07 bits per heavy atom. The zero-order chi connectivity index (χ0) is 41.2. The molecule has 0 rings (SSSR count). The number of unbranched alkanes of at least 4 members (excludes halogenated alkanes) is 17. The van der Waals surface area contributed by atoms with Crippen molar-refractivity contribution < 1.29 is 42.7 Å². The summed E-state index contributed by atoms with van der Waals surface area (Å²) in [7, 11) is -4.40. The molecule has 0 saturated heterocycles. The van der Waals surface area contributed by atoms with E-state index < -0.39 is 32.5 Å². The van der Waals surface area contributed by atoms with Gasteiger partial charge >= 0.3 is 19.8 Å². The van der Waals surface area contributed by atoms with Crippen LogP contribution in [0.25, 0.3) is 0 Å². The molecule has 0 aromatic rings. The lowest BCUT2D eigenvalue weighted by Gasteiger charge is -2.19. The maximum absolute atomic E-state index is 12.6. The molecule has 10 nitrogen and oxygen atoms in total. The minimum absolute atomic E-state index is 0.0405. The highest BCUT2D eigenvalue weighted by atomic mass is 31.2. The van der Waals surface area contributed by atoms with Crippen molar-refractivity contribution in [2.75, 3.05) is 26.4 Å². The predicted molar refractivity (Wildman–Crippen MR) is 230 cm³/mol. The molecule has 4 N–H and O–H groups in total. The SMILES string of the molecule is CCCCCCCCCCCCCCCCCCCC(=O)O[C@H](COC(=O)CCC/C=C\C/C=C\C/C=C\C/C=C\CC[C@@H](O)CC)COP(=O)(O)OCCN. The Balaban J connectivity index is 4.23. The Labute approximate surface area is 341 Å². The van der Waals surface area contributed by atoms with Crippen LogP contribution in [0.5, 0.6) is 0 Å². The Bertz CT molecular complexity index is 1080. The first kappa shape index (κ1) is 53.9. The van der Waals surface area contributed by atoms with Crippen LogP contribution in [0.4, 0.5) is 0 Å². The molecule has 326 valence electrons. The van der Waals surface area contributed by atoms with Crippen LogP contribution in [0.3, 0.4) is 0 Å². The highest BCUT2D eigenvalue weighted by Gasteiger charge is 2.26. The van der Waals surface area contributed by atoms with Crippen molar-refractivity contribution in [3.63, 3.8) is 0 Å². The fourth-order valence-corrected chi connectivity index (χ4v) is 6.67. The number of phosphoric acid groups is 1. The highest BCUT2D eigenvalue weighted by Crippen LogP contribution is 2.43. The first-order valence-corrected chi connectivity index (χ1v) is 23.7. The third-order valence-corrected chi connectivity index (χ3v) is 10.4. The summed E-state index contributed by atoms with van der Waals surface area (Å²) in [5, 5.41) is 9.55. The standard InChI is InChI=1S/C45H82NO9P/c1-3-5-6-7-8-9-10-11-12-13-14-19-22-25-28-31-34-37-45(49)55-43(41-54-56(50,51)53-39-38-46)40-52-44(48)36-33-30-27-24-21-18-16-15-17-20-23-26-29-32-35-42(47)4-2/h16-18,20,24,26-27,29,42-43,47H,3-15,19,21-23,25,28,30-41,46H2,1-2H3,(H,50,51)/b18-16-,20-17-,27-24-,29-26-/t42-,43+/m0/s1. The van der Waals surface area contributed by atoms with E-state index in [1.165, 1.54) is 83.5 Å². The average molecular weight is 812 g/mol. The molecule has 0 saturated carbocycles. The van der Waals surface area contributed by atoms with E-state index in [0.29, 0.717) is 12.8 Å². The van der Waals surface area contributed by atoms with Gasteiger partial charge in [-0.25, -0.2) is 4.57 Å². The van der Waals surface area contributed by atoms with E-state index in [-0.39, 0.29) is 38.7 Å². The summed E-state index contributed by atoms with van der Waals surface area (Å²) in [5.74, 6) is -0.909. The highest BCUT2D eigenvalue weighted by molar-refractivity contribution is 7.47. The molecule has 0 aromatic heterocycles. The zero-order valence-electron chi connectivity index (χ0n) is 35.5. The summed E-state index contributed by atoms with van der Waals surface area (Å²) in [5.41, 5.74) is 5.34. The van der Waals surface area contributed by atoms with E-state index in [4.69, 9.17) is 24.3 Å². The smallest absolute Gasteiger partial charge is 0.462 e. The lowest BCUT2D eigenvalue weighted by atomic mass is 10.0. The number of hydrogen-bond acceptors (Lipinski definition) is 9. The van der Waals surface area contributed by atoms with E-state index in [1.807, 2.05) is 13.0 Å². The summed E-state index contributed by atoms with van der Waals surface area (Å²) >= 11 is 0. The number of allylic oxidation sites excluding steroid dienone is 8. The van der Waals surface area contributed by atoms with Gasteiger partial charge in [-0.05, 0) is 57.8 Å². The molecule has 0 amide bonds. The molecule has 0 fully saturated rings. The predicted octanol–water partition coefficient (Wildman–Crippen LogP) is 11.7. The van der Waals surface area contributed by atoms with Gasteiger partial charge in [0.2, 0.25) is 0 Å². The van der Waals surface area contributed by atoms with Crippen molar-refractivity contribution >= 4 is 19.8 Å². The van der Waals surface area contributed by atoms with Gasteiger partial charge in [0.15, 0.2) is 6.10 Å². The van der Waals surface area contributed by atoms with Gasteiger partial charge in [0.25, 0.3) is 0 Å². The van der Waals surface area contributed by atoms with Gasteiger partial charge in [0.1, 0.15) is 6.61 Å². The van der Waals surface area contributed by atoms with Crippen molar-refractivity contribution in [3.8, 4) is 0 Å². The molecule has 1 unspecified atom stereocenters. The number of phosphoric ester groups is 1. The summed E-state index contributed by atoms with van der Waals surface area (Å²) in [4.78, 5) is 34.9. The minimum Gasteiger partial charge on any atom is -0.462 e. The van der Waals surface area contributed by atoms with Crippen molar-refractivity contribution in [2.24, 2.45) is 5.73 Å². The van der Waals surface area contributed by atoms with Crippen LogP contribution >= 0.6 is 7.82 Å². The fraction of sp³-hybridized carbons (Fsp3) is 0.778. The maximum Gasteiger partial charge on any atom is 0.472 e. The molecule has 0 aliphatic heterocycles. The van der Waals surface area contributed by atoms with Crippen molar-refractivity contribution in [1.82, 2.24) is 0 Å². The minimum atomic E-state index is -4.40. The summed E-state index contributed by atoms with van der Waals surface area (Å²) in [6.45, 7) is 3.39. The molecule has 3 atom stereocenters. The van der Waals surface area contributed by atoms with Crippen LogP contribution < -0.4 is 5.73 Å². The third kappa shape index (κ3) is 40.1. The van der Waals surface area contributed by atoms with E-state index in [9.17, 15) is 24.2 Å². The van der Waals surface area contributed by atoms with E-state index in [0.717, 1.165) is 64.2 Å². The molecule has 0 aliphatic carbocycles. The lowest BCUT2D eigenvalue weighted by molar-refractivity contribution is -0.161. The Kier molecular flexibility index (Phi) is 39.6. The van der Waals surface area contributed by atoms with E-state index in [2.05, 4.69) is 49.5 Å². The second-order valence-corrected chi connectivity index (χ2v) is 16.2. The second-order valence-electron chi connectivity index (χ2n) is 14.7. The number of nitrogens with two attached hydrogens (primary N) is 1. The number of aliphatic hydroxyl groups excluding tert-OH is 1. The third-order valence-electron chi connectivity index (χ3n) is 9.38. The molecule has 0 heterocycles. The van der Waals surface area contributed by atoms with Crippen molar-refractivity contribution in [3.05, 3.63) is 48.6 Å². The molecule has 11 heteroatoms. The number of esters is 2. The summed E-state index contributed by atoms with van der Waals surface area (Å²) in [6, 6.07) is 0. The van der Waals surface area contributed by atoms with Gasteiger partial charge in [-0.3, -0.25) is 18.6 Å². The van der Waals surface area contributed by atoms with Crippen LogP contribution in [0.2, 0.25) is 0 Å². The largest absolute Gasteiger partial charge is 0.472 e. The Morgan fingerprint density at radius 3 is 1.57 bits per heavy atom. The van der Waals surface area contributed by atoms with Gasteiger partial charge in [-0.2, -0.15) is 0 Å². The van der Waals surface area contributed by atoms with Gasteiger partial charge in [0.05, 0.1) is 19.3 Å². The van der Waals surface area contributed by atoms with Crippen LogP contribution in [0.1, 0.15) is 187 Å². The van der Waals surface area contributed by atoms with Crippen LogP contribution in [0.15, 0.2) is 48.6 Å². The Hall–Kier alpha value is -2.07. The van der Waals surface area contributed by atoms with Gasteiger partial charge < -0.3 is 25.2 Å². The number of rotatable bonds is 41. The number of carbonyl (C=O) groups is 2. The maximum atomic E-state index is 12.6. The average Bonchev–Trinajstić information content (AvgIpc) is 3.18. The molecular weight excluding hydrogens is 729 g/mol. The quantitative estimate of drug-likeness (QED) is 0.0235. The first-order chi connectivity index (χ1) is 27.2. The fourth-order valence-electron chi connectivity index (χ4n) is 5.90. The number of carbonyl (C=O) groups excluding carboxylic acids is 2. The monoisotopic (exact) mass is 812 g/mol.